The number of rotatable bonds is 6. The minimum absolute atomic E-state index is 0.154. The lowest BCUT2D eigenvalue weighted by atomic mass is 9.88. The maximum Gasteiger partial charge on any atom is 0.126 e. The number of hydrogen-bond donors (Lipinski definition) is 1. The van der Waals surface area contributed by atoms with E-state index in [-0.39, 0.29) is 11.4 Å². The third kappa shape index (κ3) is 4.59. The lowest BCUT2D eigenvalue weighted by Gasteiger charge is -2.25. The molecule has 0 amide bonds. The van der Waals surface area contributed by atoms with Gasteiger partial charge in [-0.15, -0.1) is 0 Å². The van der Waals surface area contributed by atoms with Crippen LogP contribution in [-0.2, 0) is 11.2 Å². The second-order valence-corrected chi connectivity index (χ2v) is 5.95. The van der Waals surface area contributed by atoms with Gasteiger partial charge in [0.15, 0.2) is 0 Å². The summed E-state index contributed by atoms with van der Waals surface area (Å²) in [5.41, 5.74) is 6.66. The smallest absolute Gasteiger partial charge is 0.126 e. The predicted octanol–water partition coefficient (Wildman–Crippen LogP) is 3.43. The Morgan fingerprint density at radius 2 is 2.21 bits per heavy atom. The summed E-state index contributed by atoms with van der Waals surface area (Å²) in [6, 6.07) is 6.89. The number of nitrogens with two attached hydrogens (primary N) is 1. The summed E-state index contributed by atoms with van der Waals surface area (Å²) in [5, 5.41) is 0. The first-order valence-corrected chi connectivity index (χ1v) is 7.21. The molecule has 2 rings (SSSR count). The fourth-order valence-corrected chi connectivity index (χ4v) is 2.77. The molecule has 2 atom stereocenters. The van der Waals surface area contributed by atoms with Crippen LogP contribution in [0.5, 0.6) is 0 Å². The average Bonchev–Trinajstić information content (AvgIpc) is 2.85. The summed E-state index contributed by atoms with van der Waals surface area (Å²) in [6.07, 6.45) is 6.39. The van der Waals surface area contributed by atoms with Crippen molar-refractivity contribution in [3.63, 3.8) is 0 Å². The monoisotopic (exact) mass is 265 g/mol. The van der Waals surface area contributed by atoms with Crippen molar-refractivity contribution >= 4 is 0 Å². The summed E-state index contributed by atoms with van der Waals surface area (Å²) in [6.45, 7) is 2.91. The van der Waals surface area contributed by atoms with E-state index in [1.165, 1.54) is 18.9 Å². The minimum atomic E-state index is -0.346. The van der Waals surface area contributed by atoms with Crippen molar-refractivity contribution in [2.24, 2.45) is 5.73 Å². The first-order chi connectivity index (χ1) is 9.07. The van der Waals surface area contributed by atoms with Gasteiger partial charge in [-0.1, -0.05) is 18.2 Å². The fourth-order valence-electron chi connectivity index (χ4n) is 2.77. The lowest BCUT2D eigenvalue weighted by molar-refractivity contribution is 0.100. The molecule has 0 spiro atoms. The molecule has 3 heteroatoms. The maximum absolute atomic E-state index is 13.6. The molecule has 0 bridgehead atoms. The van der Waals surface area contributed by atoms with Crippen molar-refractivity contribution in [1.82, 2.24) is 0 Å². The Morgan fingerprint density at radius 3 is 2.89 bits per heavy atom. The van der Waals surface area contributed by atoms with E-state index < -0.39 is 0 Å². The van der Waals surface area contributed by atoms with Crippen LogP contribution in [-0.4, -0.2) is 18.2 Å². The van der Waals surface area contributed by atoms with Crippen molar-refractivity contribution in [3.05, 3.63) is 35.6 Å². The summed E-state index contributed by atoms with van der Waals surface area (Å²) in [7, 11) is 0. The molecule has 0 aromatic heterocycles. The number of halogens is 1. The van der Waals surface area contributed by atoms with Crippen LogP contribution >= 0.6 is 0 Å². The normalized spacial score (nSPS) is 22.4. The van der Waals surface area contributed by atoms with Crippen molar-refractivity contribution in [1.29, 1.82) is 0 Å². The van der Waals surface area contributed by atoms with Crippen molar-refractivity contribution in [3.8, 4) is 0 Å². The van der Waals surface area contributed by atoms with Gasteiger partial charge in [-0.3, -0.25) is 0 Å². The van der Waals surface area contributed by atoms with Crippen LogP contribution in [0, 0.1) is 5.82 Å². The molecule has 2 nitrogen and oxygen atoms in total. The number of benzene rings is 1. The van der Waals surface area contributed by atoms with Gasteiger partial charge in [-0.05, 0) is 57.1 Å². The van der Waals surface area contributed by atoms with E-state index in [1.807, 2.05) is 19.1 Å². The summed E-state index contributed by atoms with van der Waals surface area (Å²) < 4.78 is 19.2. The molecule has 1 aliphatic heterocycles. The first kappa shape index (κ1) is 14.5. The number of hydrogen-bond acceptors (Lipinski definition) is 2. The van der Waals surface area contributed by atoms with Crippen LogP contribution in [0.25, 0.3) is 0 Å². The van der Waals surface area contributed by atoms with Crippen LogP contribution in [0.3, 0.4) is 0 Å². The highest BCUT2D eigenvalue weighted by atomic mass is 19.1. The molecule has 1 aliphatic rings. The van der Waals surface area contributed by atoms with Crippen LogP contribution < -0.4 is 5.73 Å². The van der Waals surface area contributed by atoms with E-state index >= 15 is 0 Å². The van der Waals surface area contributed by atoms with Crippen LogP contribution in [0.1, 0.15) is 44.6 Å². The molecule has 0 saturated carbocycles. The predicted molar refractivity (Wildman–Crippen MR) is 75.5 cm³/mol. The van der Waals surface area contributed by atoms with E-state index in [4.69, 9.17) is 10.5 Å². The van der Waals surface area contributed by atoms with Crippen molar-refractivity contribution < 1.29 is 9.13 Å². The highest BCUT2D eigenvalue weighted by Crippen LogP contribution is 2.23. The fraction of sp³-hybridized carbons (Fsp3) is 0.625. The summed E-state index contributed by atoms with van der Waals surface area (Å²) >= 11 is 0. The standard InChI is InChI=1S/C16H24FNO/c1-16(18,10-4-7-14-8-5-11-19-14)12-13-6-2-3-9-15(13)17/h2-3,6,9,14H,4-5,7-8,10-12,18H2,1H3. The van der Waals surface area contributed by atoms with E-state index in [2.05, 4.69) is 0 Å². The van der Waals surface area contributed by atoms with Gasteiger partial charge in [0.05, 0.1) is 6.10 Å². The lowest BCUT2D eigenvalue weighted by Crippen LogP contribution is -2.39. The van der Waals surface area contributed by atoms with Gasteiger partial charge in [0.25, 0.3) is 0 Å². The Balaban J connectivity index is 1.79. The Labute approximate surface area is 115 Å². The topological polar surface area (TPSA) is 35.2 Å². The number of ether oxygens (including phenoxy) is 1. The van der Waals surface area contributed by atoms with E-state index in [9.17, 15) is 4.39 Å². The molecular formula is C16H24FNO. The zero-order valence-electron chi connectivity index (χ0n) is 11.7. The molecule has 1 aromatic carbocycles. The van der Waals surface area contributed by atoms with Gasteiger partial charge in [-0.25, -0.2) is 4.39 Å². The van der Waals surface area contributed by atoms with Gasteiger partial charge in [0.2, 0.25) is 0 Å². The quantitative estimate of drug-likeness (QED) is 0.855. The Hall–Kier alpha value is -0.930. The Morgan fingerprint density at radius 1 is 1.42 bits per heavy atom. The van der Waals surface area contributed by atoms with Gasteiger partial charge < -0.3 is 10.5 Å². The second kappa shape index (κ2) is 6.49. The molecule has 0 aliphatic carbocycles. The Bertz CT molecular complexity index is 399. The average molecular weight is 265 g/mol. The molecule has 2 unspecified atom stereocenters. The molecule has 1 fully saturated rings. The van der Waals surface area contributed by atoms with Crippen LogP contribution in [0.4, 0.5) is 4.39 Å². The molecule has 0 radical (unpaired) electrons. The summed E-state index contributed by atoms with van der Waals surface area (Å²) in [4.78, 5) is 0. The molecular weight excluding hydrogens is 241 g/mol. The van der Waals surface area contributed by atoms with Gasteiger partial charge in [0.1, 0.15) is 5.82 Å². The first-order valence-electron chi connectivity index (χ1n) is 7.21. The van der Waals surface area contributed by atoms with Crippen LogP contribution in [0.2, 0.25) is 0 Å². The molecule has 1 saturated heterocycles. The Kier molecular flexibility index (Phi) is 4.94. The van der Waals surface area contributed by atoms with Crippen LogP contribution in [0.15, 0.2) is 24.3 Å². The zero-order chi connectivity index (χ0) is 13.7. The zero-order valence-corrected chi connectivity index (χ0v) is 11.7. The highest BCUT2D eigenvalue weighted by molar-refractivity contribution is 5.19. The van der Waals surface area contributed by atoms with E-state index in [0.717, 1.165) is 25.9 Å². The van der Waals surface area contributed by atoms with E-state index in [1.54, 1.807) is 6.07 Å². The maximum atomic E-state index is 13.6. The largest absolute Gasteiger partial charge is 0.378 e. The van der Waals surface area contributed by atoms with Gasteiger partial charge in [0, 0.05) is 12.1 Å². The minimum Gasteiger partial charge on any atom is -0.378 e. The molecule has 106 valence electrons. The van der Waals surface area contributed by atoms with Crippen molar-refractivity contribution in [2.75, 3.05) is 6.61 Å². The third-order valence-corrected chi connectivity index (χ3v) is 3.85. The SMILES string of the molecule is CC(N)(CCCC1CCCO1)Cc1ccccc1F. The molecule has 19 heavy (non-hydrogen) atoms. The highest BCUT2D eigenvalue weighted by Gasteiger charge is 2.22. The van der Waals surface area contributed by atoms with E-state index in [0.29, 0.717) is 18.1 Å². The molecule has 1 aromatic rings. The molecule has 2 N–H and O–H groups in total. The van der Waals surface area contributed by atoms with Crippen molar-refractivity contribution in [2.45, 2.75) is 57.1 Å². The third-order valence-electron chi connectivity index (χ3n) is 3.85. The second-order valence-electron chi connectivity index (χ2n) is 5.95. The van der Waals surface area contributed by atoms with Gasteiger partial charge in [-0.2, -0.15) is 0 Å². The summed E-state index contributed by atoms with van der Waals surface area (Å²) in [5.74, 6) is -0.154. The molecule has 1 heterocycles. The van der Waals surface area contributed by atoms with Gasteiger partial charge >= 0.3 is 0 Å².